The number of hydrogen-bond acceptors (Lipinski definition) is 4. The normalized spacial score (nSPS) is 9.47. The van der Waals surface area contributed by atoms with E-state index in [0.717, 1.165) is 0 Å². The van der Waals surface area contributed by atoms with Crippen LogP contribution < -0.4 is 0 Å². The number of carbonyl (C=O) groups is 1. The standard InChI is InChI=1S/C10H8BrNO2S/c1-14-10(13)7-3-2-6(5-12)8(4-11)9(7)15/h2-3,15H,4H2,1H3. The lowest BCUT2D eigenvalue weighted by Crippen LogP contribution is -2.05. The molecule has 1 aromatic rings. The molecule has 0 unspecified atom stereocenters. The van der Waals surface area contributed by atoms with Gasteiger partial charge in [-0.3, -0.25) is 0 Å². The molecule has 0 heterocycles. The van der Waals surface area contributed by atoms with Crippen LogP contribution in [-0.4, -0.2) is 13.1 Å². The molecule has 0 amide bonds. The van der Waals surface area contributed by atoms with Gasteiger partial charge in [-0.25, -0.2) is 4.79 Å². The summed E-state index contributed by atoms with van der Waals surface area (Å²) in [5.41, 5.74) is 1.57. The Kier molecular flexibility index (Phi) is 4.18. The molecule has 0 N–H and O–H groups in total. The van der Waals surface area contributed by atoms with Crippen LogP contribution >= 0.6 is 28.6 Å². The molecule has 0 radical (unpaired) electrons. The van der Waals surface area contributed by atoms with Gasteiger partial charge in [0.05, 0.1) is 24.3 Å². The summed E-state index contributed by atoms with van der Waals surface area (Å²) in [6.45, 7) is 0. The average molecular weight is 286 g/mol. The number of carbonyl (C=O) groups excluding carboxylic acids is 1. The van der Waals surface area contributed by atoms with Crippen molar-refractivity contribution in [3.8, 4) is 6.07 Å². The molecule has 0 spiro atoms. The lowest BCUT2D eigenvalue weighted by atomic mass is 10.1. The van der Waals surface area contributed by atoms with Crippen molar-refractivity contribution in [2.45, 2.75) is 10.2 Å². The number of hydrogen-bond donors (Lipinski definition) is 1. The molecule has 0 atom stereocenters. The van der Waals surface area contributed by atoms with Crippen molar-refractivity contribution >= 4 is 34.5 Å². The monoisotopic (exact) mass is 285 g/mol. The van der Waals surface area contributed by atoms with Gasteiger partial charge in [0.2, 0.25) is 0 Å². The minimum Gasteiger partial charge on any atom is -0.465 e. The fourth-order valence-corrected chi connectivity index (χ4v) is 2.32. The first-order valence-corrected chi connectivity index (χ1v) is 5.61. The number of nitriles is 1. The summed E-state index contributed by atoms with van der Waals surface area (Å²) in [5, 5.41) is 9.31. The van der Waals surface area contributed by atoms with Gasteiger partial charge in [-0.1, -0.05) is 15.9 Å². The fraction of sp³-hybridized carbons (Fsp3) is 0.200. The topological polar surface area (TPSA) is 50.1 Å². The van der Waals surface area contributed by atoms with E-state index in [2.05, 4.69) is 33.3 Å². The average Bonchev–Trinajstić information content (AvgIpc) is 2.27. The Balaban J connectivity index is 3.37. The first-order valence-electron chi connectivity index (χ1n) is 4.05. The predicted molar refractivity (Wildman–Crippen MR) is 62.4 cm³/mol. The largest absolute Gasteiger partial charge is 0.465 e. The number of alkyl halides is 1. The van der Waals surface area contributed by atoms with E-state index in [-0.39, 0.29) is 0 Å². The summed E-state index contributed by atoms with van der Waals surface area (Å²) in [5.74, 6) is -0.452. The summed E-state index contributed by atoms with van der Waals surface area (Å²) >= 11 is 7.48. The van der Waals surface area contributed by atoms with Crippen molar-refractivity contribution in [2.75, 3.05) is 7.11 Å². The number of ether oxygens (including phenoxy) is 1. The highest BCUT2D eigenvalue weighted by atomic mass is 79.9. The molecular weight excluding hydrogens is 278 g/mol. The maximum absolute atomic E-state index is 11.3. The molecule has 0 aliphatic heterocycles. The third kappa shape index (κ3) is 2.33. The van der Waals surface area contributed by atoms with Gasteiger partial charge in [0.1, 0.15) is 0 Å². The molecular formula is C10H8BrNO2S. The molecule has 0 saturated heterocycles. The lowest BCUT2D eigenvalue weighted by Gasteiger charge is -2.08. The van der Waals surface area contributed by atoms with Crippen LogP contribution in [0.25, 0.3) is 0 Å². The van der Waals surface area contributed by atoms with Crippen molar-refractivity contribution in [1.82, 2.24) is 0 Å². The molecule has 1 aromatic carbocycles. The second kappa shape index (κ2) is 5.19. The Morgan fingerprint density at radius 1 is 1.67 bits per heavy atom. The lowest BCUT2D eigenvalue weighted by molar-refractivity contribution is 0.0596. The van der Waals surface area contributed by atoms with Crippen molar-refractivity contribution in [2.24, 2.45) is 0 Å². The Morgan fingerprint density at radius 2 is 2.33 bits per heavy atom. The molecule has 15 heavy (non-hydrogen) atoms. The zero-order valence-corrected chi connectivity index (χ0v) is 10.4. The summed E-state index contributed by atoms with van der Waals surface area (Å²) in [7, 11) is 1.31. The molecule has 5 heteroatoms. The number of halogens is 1. The molecule has 0 bridgehead atoms. The Hall–Kier alpha value is -0.990. The Bertz CT molecular complexity index is 440. The molecule has 0 aliphatic rings. The smallest absolute Gasteiger partial charge is 0.338 e. The number of rotatable bonds is 2. The molecule has 1 rings (SSSR count). The maximum atomic E-state index is 11.3. The molecule has 3 nitrogen and oxygen atoms in total. The van der Waals surface area contributed by atoms with Crippen LogP contribution in [-0.2, 0) is 10.1 Å². The minimum atomic E-state index is -0.452. The van der Waals surface area contributed by atoms with Crippen LogP contribution in [0.15, 0.2) is 17.0 Å². The van der Waals surface area contributed by atoms with Gasteiger partial charge in [-0.15, -0.1) is 12.6 Å². The van der Waals surface area contributed by atoms with Gasteiger partial charge < -0.3 is 4.74 Å². The summed E-state index contributed by atoms with van der Waals surface area (Å²) in [6, 6.07) is 5.17. The van der Waals surface area contributed by atoms with Gasteiger partial charge in [0.25, 0.3) is 0 Å². The number of benzene rings is 1. The van der Waals surface area contributed by atoms with Crippen molar-refractivity contribution in [3.63, 3.8) is 0 Å². The molecule has 0 saturated carbocycles. The van der Waals surface area contributed by atoms with E-state index in [1.807, 2.05) is 6.07 Å². The zero-order chi connectivity index (χ0) is 11.4. The minimum absolute atomic E-state index is 0.370. The number of methoxy groups -OCH3 is 1. The zero-order valence-electron chi connectivity index (χ0n) is 7.95. The van der Waals surface area contributed by atoms with E-state index >= 15 is 0 Å². The number of nitrogens with zero attached hydrogens (tertiary/aromatic N) is 1. The second-order valence-corrected chi connectivity index (χ2v) is 3.73. The van der Waals surface area contributed by atoms with Crippen LogP contribution in [0.1, 0.15) is 21.5 Å². The molecule has 0 aromatic heterocycles. The van der Waals surface area contributed by atoms with Gasteiger partial charge in [-0.05, 0) is 17.7 Å². The highest BCUT2D eigenvalue weighted by Gasteiger charge is 2.15. The SMILES string of the molecule is COC(=O)c1ccc(C#N)c(CBr)c1S. The van der Waals surface area contributed by atoms with E-state index in [0.29, 0.717) is 26.9 Å². The molecule has 78 valence electrons. The fourth-order valence-electron chi connectivity index (χ4n) is 1.15. The summed E-state index contributed by atoms with van der Waals surface area (Å²) in [4.78, 5) is 11.8. The molecule has 0 aliphatic carbocycles. The van der Waals surface area contributed by atoms with Crippen molar-refractivity contribution in [3.05, 3.63) is 28.8 Å². The van der Waals surface area contributed by atoms with E-state index in [4.69, 9.17) is 5.26 Å². The van der Waals surface area contributed by atoms with Crippen LogP contribution in [0.5, 0.6) is 0 Å². The van der Waals surface area contributed by atoms with Gasteiger partial charge in [0.15, 0.2) is 0 Å². The Morgan fingerprint density at radius 3 is 2.80 bits per heavy atom. The van der Waals surface area contributed by atoms with Gasteiger partial charge >= 0.3 is 5.97 Å². The van der Waals surface area contributed by atoms with Crippen LogP contribution in [0, 0.1) is 11.3 Å². The van der Waals surface area contributed by atoms with Crippen LogP contribution in [0.2, 0.25) is 0 Å². The number of thiol groups is 1. The third-order valence-corrected chi connectivity index (χ3v) is 3.01. The second-order valence-electron chi connectivity index (χ2n) is 2.72. The van der Waals surface area contributed by atoms with Crippen LogP contribution in [0.4, 0.5) is 0 Å². The van der Waals surface area contributed by atoms with Crippen LogP contribution in [0.3, 0.4) is 0 Å². The van der Waals surface area contributed by atoms with E-state index < -0.39 is 5.97 Å². The first-order chi connectivity index (χ1) is 7.15. The maximum Gasteiger partial charge on any atom is 0.338 e. The summed E-state index contributed by atoms with van der Waals surface area (Å²) < 4.78 is 4.60. The molecule has 0 fully saturated rings. The highest BCUT2D eigenvalue weighted by Crippen LogP contribution is 2.25. The van der Waals surface area contributed by atoms with Gasteiger partial charge in [0, 0.05) is 10.2 Å². The third-order valence-electron chi connectivity index (χ3n) is 1.94. The first kappa shape index (κ1) is 12.1. The van der Waals surface area contributed by atoms with E-state index in [1.165, 1.54) is 7.11 Å². The van der Waals surface area contributed by atoms with Crippen molar-refractivity contribution in [1.29, 1.82) is 5.26 Å². The predicted octanol–water partition coefficient (Wildman–Crippen LogP) is 2.53. The van der Waals surface area contributed by atoms with E-state index in [1.54, 1.807) is 12.1 Å². The quantitative estimate of drug-likeness (QED) is 0.516. The highest BCUT2D eigenvalue weighted by molar-refractivity contribution is 9.08. The van der Waals surface area contributed by atoms with Gasteiger partial charge in [-0.2, -0.15) is 5.26 Å². The summed E-state index contributed by atoms with van der Waals surface area (Å²) in [6.07, 6.45) is 0. The van der Waals surface area contributed by atoms with E-state index in [9.17, 15) is 4.79 Å². The number of esters is 1. The van der Waals surface area contributed by atoms with Crippen molar-refractivity contribution < 1.29 is 9.53 Å². The Labute approximate surface area is 102 Å².